The van der Waals surface area contributed by atoms with Crippen LogP contribution in [0.3, 0.4) is 0 Å². The zero-order chi connectivity index (χ0) is 58.2. The van der Waals surface area contributed by atoms with Gasteiger partial charge in [0.05, 0.1) is 38.6 Å². The van der Waals surface area contributed by atoms with Crippen LogP contribution in [0.1, 0.15) is 86.7 Å². The normalized spacial score (nSPS) is 13.0. The van der Waals surface area contributed by atoms with E-state index in [0.717, 1.165) is 66.3 Å². The van der Waals surface area contributed by atoms with Crippen LogP contribution in [-0.4, -0.2) is 30.7 Å². The van der Waals surface area contributed by atoms with E-state index in [4.69, 9.17) is 13.5 Å². The average Bonchev–Trinajstić information content (AvgIpc) is 4.16. The van der Waals surface area contributed by atoms with Gasteiger partial charge in [0.2, 0.25) is 0 Å². The van der Waals surface area contributed by atoms with Crippen LogP contribution in [-0.2, 0) is 25.5 Å². The zero-order valence-corrected chi connectivity index (χ0v) is 52.9. The Hall–Kier alpha value is -7.00. The van der Waals surface area contributed by atoms with Crippen molar-refractivity contribution < 1.29 is 28.6 Å². The van der Waals surface area contributed by atoms with Crippen molar-refractivity contribution in [2.45, 2.75) is 112 Å². The first kappa shape index (κ1) is 52.4. The molecule has 4 nitrogen and oxygen atoms in total. The summed E-state index contributed by atoms with van der Waals surface area (Å²) in [5.41, 5.74) is 15.0. The smallest absolute Gasteiger partial charge is 0.121 e. The van der Waals surface area contributed by atoms with E-state index in [1.807, 2.05) is 42.6 Å². The molecule has 9 aromatic carbocycles. The molecular weight excluding hydrogens is 1180 g/mol. The first-order valence-electron chi connectivity index (χ1n) is 29.4. The van der Waals surface area contributed by atoms with Gasteiger partial charge in [-0.2, -0.15) is 0 Å². The molecule has 7 heteroatoms. The third-order valence-corrected chi connectivity index (χ3v) is 19.7. The molecule has 0 atom stereocenters. The second kappa shape index (κ2) is 21.8. The van der Waals surface area contributed by atoms with Crippen molar-refractivity contribution in [3.05, 3.63) is 210 Å². The first-order valence-corrected chi connectivity index (χ1v) is 34.9. The van der Waals surface area contributed by atoms with E-state index in [1.165, 1.54) is 37.8 Å². The minimum absolute atomic E-state index is 0. The third kappa shape index (κ3) is 10.9. The van der Waals surface area contributed by atoms with E-state index >= 15 is 0 Å². The molecule has 0 aliphatic rings. The Bertz CT molecular complexity index is 4320. The fourth-order valence-electron chi connectivity index (χ4n) is 11.0. The standard InChI is InChI=1S/C58H57N2OSi2.C15H16N.Ir/c1-35(2)49-31-43(39-24-22-38(23-25-39)42-28-44(62(6,7)8)33-45(29-42)63(9,10)11)32-50(36(3)4)56(49)60-55-37(5)16-14-21-53(55)59-58(60)48-20-15-19-47-52-30-41-27-26-40-17-12-13-18-46(40)51(41)34-54(52)61-57(47)48;1-15(2,3)13-9-10-16-14(11-13)12-7-5-4-6-8-12;/h12-19,21-36H,1-11H3;4-7,9-11H,1-3H3;/q2*-1;/i5D3;;. The fourth-order valence-corrected chi connectivity index (χ4v) is 13.5. The number of rotatable bonds is 9. The third-order valence-electron chi connectivity index (χ3n) is 15.7. The summed E-state index contributed by atoms with van der Waals surface area (Å²) in [6.07, 6.45) is 1.87. The van der Waals surface area contributed by atoms with Crippen molar-refractivity contribution in [1.29, 1.82) is 0 Å². The maximum absolute atomic E-state index is 8.82. The van der Waals surface area contributed by atoms with Gasteiger partial charge >= 0.3 is 0 Å². The number of hydrogen-bond donors (Lipinski definition) is 0. The van der Waals surface area contributed by atoms with Gasteiger partial charge in [-0.05, 0) is 132 Å². The number of aromatic nitrogens is 3. The van der Waals surface area contributed by atoms with Crippen LogP contribution in [0.2, 0.25) is 39.3 Å². The molecule has 3 heterocycles. The van der Waals surface area contributed by atoms with Crippen molar-refractivity contribution in [1.82, 2.24) is 14.5 Å². The Morgan fingerprint density at radius 1 is 0.575 bits per heavy atom. The van der Waals surface area contributed by atoms with Gasteiger partial charge in [-0.15, -0.1) is 54.1 Å². The Kier molecular flexibility index (Phi) is 14.3. The molecule has 1 radical (unpaired) electrons. The van der Waals surface area contributed by atoms with Gasteiger partial charge in [0, 0.05) is 41.5 Å². The maximum atomic E-state index is 8.82. The minimum Gasteiger partial charge on any atom is -0.501 e. The summed E-state index contributed by atoms with van der Waals surface area (Å²) >= 11 is 0. The van der Waals surface area contributed by atoms with Crippen molar-refractivity contribution >= 4 is 81.0 Å². The van der Waals surface area contributed by atoms with Crippen LogP contribution in [0.15, 0.2) is 180 Å². The number of furan rings is 1. The van der Waals surface area contributed by atoms with E-state index < -0.39 is 23.0 Å². The number of pyridine rings is 1. The molecule has 12 rings (SSSR count). The molecule has 0 bridgehead atoms. The van der Waals surface area contributed by atoms with Gasteiger partial charge in [-0.25, -0.2) is 0 Å². The van der Waals surface area contributed by atoms with Gasteiger partial charge in [-0.3, -0.25) is 4.98 Å². The van der Waals surface area contributed by atoms with Gasteiger partial charge < -0.3 is 14.0 Å². The molecular formula is C73H73IrN3OSi2-2. The minimum atomic E-state index is -2.39. The molecule has 0 spiro atoms. The number of nitrogens with zero attached hydrogens (tertiary/aromatic N) is 3. The van der Waals surface area contributed by atoms with Crippen LogP contribution >= 0.6 is 0 Å². The van der Waals surface area contributed by atoms with Crippen LogP contribution in [0, 0.1) is 19.0 Å². The Morgan fingerprint density at radius 3 is 1.85 bits per heavy atom. The molecule has 0 N–H and O–H groups in total. The van der Waals surface area contributed by atoms with Gasteiger partial charge in [-0.1, -0.05) is 206 Å². The number of imidazole rings is 1. The number of para-hydroxylation sites is 1. The van der Waals surface area contributed by atoms with Crippen molar-refractivity contribution in [2.75, 3.05) is 0 Å². The second-order valence-electron chi connectivity index (χ2n) is 25.1. The van der Waals surface area contributed by atoms with Crippen molar-refractivity contribution in [3.63, 3.8) is 0 Å². The molecule has 405 valence electrons. The van der Waals surface area contributed by atoms with Crippen molar-refractivity contribution in [3.8, 4) is 50.6 Å². The molecule has 3 aromatic heterocycles. The topological polar surface area (TPSA) is 43.9 Å². The number of hydrogen-bond acceptors (Lipinski definition) is 3. The quantitative estimate of drug-likeness (QED) is 0.0822. The van der Waals surface area contributed by atoms with Gasteiger partial charge in [0.1, 0.15) is 5.58 Å². The molecule has 0 amide bonds. The van der Waals surface area contributed by atoms with Gasteiger partial charge in [0.15, 0.2) is 0 Å². The molecule has 0 saturated carbocycles. The zero-order valence-electron chi connectivity index (χ0n) is 51.5. The second-order valence-corrected chi connectivity index (χ2v) is 35.3. The Balaban J connectivity index is 0.000000390. The van der Waals surface area contributed by atoms with Crippen LogP contribution in [0.5, 0.6) is 0 Å². The Morgan fingerprint density at radius 2 is 1.23 bits per heavy atom. The largest absolute Gasteiger partial charge is 0.501 e. The molecule has 0 aliphatic heterocycles. The van der Waals surface area contributed by atoms with Crippen LogP contribution in [0.25, 0.3) is 105 Å². The summed E-state index contributed by atoms with van der Waals surface area (Å²) in [5.74, 6) is 0.763. The van der Waals surface area contributed by atoms with E-state index in [0.29, 0.717) is 28.0 Å². The Labute approximate surface area is 494 Å². The number of aryl methyl sites for hydroxylation is 1. The predicted molar refractivity (Wildman–Crippen MR) is 345 cm³/mol. The summed E-state index contributed by atoms with van der Waals surface area (Å²) in [6, 6.07) is 66.6. The summed E-state index contributed by atoms with van der Waals surface area (Å²) in [4.78, 5) is 9.73. The van der Waals surface area contributed by atoms with E-state index in [-0.39, 0.29) is 42.9 Å². The average molecular weight is 1260 g/mol. The van der Waals surface area contributed by atoms with Crippen LogP contribution < -0.4 is 10.4 Å². The molecule has 0 saturated heterocycles. The van der Waals surface area contributed by atoms with E-state index in [1.54, 1.807) is 12.1 Å². The predicted octanol–water partition coefficient (Wildman–Crippen LogP) is 19.5. The maximum Gasteiger partial charge on any atom is 0.121 e. The SMILES string of the molecule is CC(C)(C)c1ccnc(-c2[c-]cccc2)c1.[2H]C([2H])([2H])c1cccc2nc(-c3[c-]ccc4c3oc3cc5c(ccc6ccccc65)cc34)n(-c3c(C(C)C)cc(-c4ccc(-c5cc([Si](C)(C)C)cc([Si](C)(C)C)c5)cc4)cc3C(C)C)c12.[Ir]. The van der Waals surface area contributed by atoms with E-state index in [2.05, 4.69) is 231 Å². The number of fused-ring (bicyclic) bond motifs is 7. The molecule has 12 aromatic rings. The first-order chi connectivity index (χ1) is 38.8. The summed E-state index contributed by atoms with van der Waals surface area (Å²) in [7, 11) is -3.11. The van der Waals surface area contributed by atoms with Crippen molar-refractivity contribution in [2.24, 2.45) is 0 Å². The molecule has 0 unspecified atom stereocenters. The summed E-state index contributed by atoms with van der Waals surface area (Å²) in [5, 5.41) is 9.60. The summed E-state index contributed by atoms with van der Waals surface area (Å²) in [6.45, 7) is 27.7. The van der Waals surface area contributed by atoms with Crippen LogP contribution in [0.4, 0.5) is 0 Å². The monoisotopic (exact) mass is 1260 g/mol. The number of benzene rings is 9. The fraction of sp³-hybridized carbons (Fsp3) is 0.233. The van der Waals surface area contributed by atoms with Gasteiger partial charge in [0.25, 0.3) is 0 Å². The molecule has 80 heavy (non-hydrogen) atoms. The molecule has 0 aliphatic carbocycles. The summed E-state index contributed by atoms with van der Waals surface area (Å²) < 4.78 is 35.5. The van der Waals surface area contributed by atoms with E-state index in [9.17, 15) is 0 Å². The molecule has 0 fully saturated rings.